The molecule has 0 bridgehead atoms. The Kier molecular flexibility index (Phi) is 7.34. The molecule has 0 aliphatic carbocycles. The highest BCUT2D eigenvalue weighted by Crippen LogP contribution is 2.48. The van der Waals surface area contributed by atoms with Crippen molar-refractivity contribution < 1.29 is 24.1 Å². The Hall–Kier alpha value is -2.15. The van der Waals surface area contributed by atoms with Crippen LogP contribution in [0, 0.1) is 0 Å². The van der Waals surface area contributed by atoms with Crippen molar-refractivity contribution in [3.05, 3.63) is 51.5 Å². The molecular formula is C22H25Cl2NO5. The minimum Gasteiger partial charge on any atom is -0.493 e. The molecule has 1 N–H and O–H groups in total. The molecule has 2 unspecified atom stereocenters. The minimum absolute atomic E-state index is 0.385. The SMILES string of the molecule is COc1ccc(C(c2cccc(Cl)c2Cl)N2CCCCC2C(=O)O)c(OC)c1OC. The predicted molar refractivity (Wildman–Crippen MR) is 116 cm³/mol. The van der Waals surface area contributed by atoms with Crippen LogP contribution >= 0.6 is 23.2 Å². The summed E-state index contributed by atoms with van der Waals surface area (Å²) in [7, 11) is 4.63. The molecule has 0 radical (unpaired) electrons. The smallest absolute Gasteiger partial charge is 0.320 e. The molecule has 2 aromatic carbocycles. The van der Waals surface area contributed by atoms with Gasteiger partial charge in [0.15, 0.2) is 11.5 Å². The van der Waals surface area contributed by atoms with E-state index in [1.807, 2.05) is 23.1 Å². The molecule has 3 rings (SSSR count). The van der Waals surface area contributed by atoms with Gasteiger partial charge < -0.3 is 19.3 Å². The number of hydrogen-bond acceptors (Lipinski definition) is 5. The molecule has 1 heterocycles. The fourth-order valence-electron chi connectivity index (χ4n) is 4.12. The van der Waals surface area contributed by atoms with Gasteiger partial charge in [0.2, 0.25) is 5.75 Å². The third kappa shape index (κ3) is 4.17. The molecular weight excluding hydrogens is 429 g/mol. The van der Waals surface area contributed by atoms with Gasteiger partial charge in [0, 0.05) is 5.56 Å². The van der Waals surface area contributed by atoms with Gasteiger partial charge in [-0.3, -0.25) is 9.69 Å². The van der Waals surface area contributed by atoms with E-state index in [0.717, 1.165) is 18.4 Å². The van der Waals surface area contributed by atoms with Crippen LogP contribution in [-0.2, 0) is 4.79 Å². The number of methoxy groups -OCH3 is 3. The zero-order valence-corrected chi connectivity index (χ0v) is 18.7. The normalized spacial score (nSPS) is 18.0. The van der Waals surface area contributed by atoms with Crippen molar-refractivity contribution >= 4 is 29.2 Å². The van der Waals surface area contributed by atoms with Crippen molar-refractivity contribution in [3.8, 4) is 17.2 Å². The summed E-state index contributed by atoms with van der Waals surface area (Å²) in [6, 6.07) is 7.87. The maximum Gasteiger partial charge on any atom is 0.320 e. The molecule has 0 saturated carbocycles. The Morgan fingerprint density at radius 3 is 2.40 bits per heavy atom. The molecule has 0 amide bonds. The number of piperidine rings is 1. The zero-order chi connectivity index (χ0) is 21.8. The Balaban J connectivity index is 2.28. The van der Waals surface area contributed by atoms with Gasteiger partial charge >= 0.3 is 5.97 Å². The van der Waals surface area contributed by atoms with E-state index < -0.39 is 18.1 Å². The van der Waals surface area contributed by atoms with Gasteiger partial charge in [-0.05, 0) is 43.1 Å². The van der Waals surface area contributed by atoms with E-state index in [0.29, 0.717) is 45.8 Å². The molecule has 2 aromatic rings. The number of likely N-dealkylation sites (tertiary alicyclic amines) is 1. The van der Waals surface area contributed by atoms with Crippen LogP contribution in [0.1, 0.15) is 36.4 Å². The average molecular weight is 454 g/mol. The Labute approximate surface area is 186 Å². The number of carboxylic acids is 1. The monoisotopic (exact) mass is 453 g/mol. The van der Waals surface area contributed by atoms with Crippen LogP contribution in [0.4, 0.5) is 0 Å². The van der Waals surface area contributed by atoms with Gasteiger partial charge in [-0.15, -0.1) is 0 Å². The molecule has 2 atom stereocenters. The van der Waals surface area contributed by atoms with E-state index in [1.54, 1.807) is 26.4 Å². The quantitative estimate of drug-likeness (QED) is 0.632. The number of rotatable bonds is 7. The van der Waals surface area contributed by atoms with Gasteiger partial charge in [-0.2, -0.15) is 0 Å². The molecule has 1 aliphatic rings. The summed E-state index contributed by atoms with van der Waals surface area (Å²) in [6.45, 7) is 0.599. The number of benzene rings is 2. The topological polar surface area (TPSA) is 68.2 Å². The predicted octanol–water partition coefficient (Wildman–Crippen LogP) is 5.05. The first-order valence-corrected chi connectivity index (χ1v) is 10.4. The number of carbonyl (C=O) groups is 1. The van der Waals surface area contributed by atoms with Gasteiger partial charge in [0.25, 0.3) is 0 Å². The number of hydrogen-bond donors (Lipinski definition) is 1. The summed E-state index contributed by atoms with van der Waals surface area (Å²) in [5, 5.41) is 10.7. The number of carboxylic acid groups (broad SMARTS) is 1. The van der Waals surface area contributed by atoms with Crippen LogP contribution in [0.3, 0.4) is 0 Å². The first-order chi connectivity index (χ1) is 14.4. The number of ether oxygens (including phenoxy) is 3. The van der Waals surface area contributed by atoms with Crippen molar-refractivity contribution in [1.82, 2.24) is 4.90 Å². The summed E-state index contributed by atoms with van der Waals surface area (Å²) >= 11 is 12.9. The molecule has 0 aromatic heterocycles. The first-order valence-electron chi connectivity index (χ1n) is 9.65. The van der Waals surface area contributed by atoms with Crippen molar-refractivity contribution in [2.45, 2.75) is 31.3 Å². The molecule has 0 spiro atoms. The molecule has 6 nitrogen and oxygen atoms in total. The van der Waals surface area contributed by atoms with Crippen molar-refractivity contribution in [2.24, 2.45) is 0 Å². The van der Waals surface area contributed by atoms with Gasteiger partial charge in [0.1, 0.15) is 6.04 Å². The Morgan fingerprint density at radius 2 is 1.77 bits per heavy atom. The van der Waals surface area contributed by atoms with Gasteiger partial charge in [-0.1, -0.05) is 41.8 Å². The first kappa shape index (κ1) is 22.5. The van der Waals surface area contributed by atoms with E-state index >= 15 is 0 Å². The van der Waals surface area contributed by atoms with Crippen LogP contribution in [0.2, 0.25) is 10.0 Å². The van der Waals surface area contributed by atoms with E-state index in [9.17, 15) is 9.90 Å². The second kappa shape index (κ2) is 9.77. The molecule has 1 aliphatic heterocycles. The van der Waals surface area contributed by atoms with Crippen LogP contribution < -0.4 is 14.2 Å². The lowest BCUT2D eigenvalue weighted by molar-refractivity contribution is -0.145. The van der Waals surface area contributed by atoms with E-state index in [4.69, 9.17) is 37.4 Å². The van der Waals surface area contributed by atoms with E-state index in [1.165, 1.54) is 7.11 Å². The third-order valence-electron chi connectivity index (χ3n) is 5.47. The zero-order valence-electron chi connectivity index (χ0n) is 17.2. The van der Waals surface area contributed by atoms with Crippen LogP contribution in [0.25, 0.3) is 0 Å². The maximum absolute atomic E-state index is 12.1. The van der Waals surface area contributed by atoms with Crippen LogP contribution in [-0.4, -0.2) is 49.9 Å². The summed E-state index contributed by atoms with van der Waals surface area (Å²) < 4.78 is 16.7. The molecule has 1 fully saturated rings. The second-order valence-electron chi connectivity index (χ2n) is 7.06. The summed E-state index contributed by atoms with van der Waals surface area (Å²) in [5.41, 5.74) is 1.44. The maximum atomic E-state index is 12.1. The fraction of sp³-hybridized carbons (Fsp3) is 0.409. The summed E-state index contributed by atoms with van der Waals surface area (Å²) in [4.78, 5) is 14.0. The lowest BCUT2D eigenvalue weighted by Gasteiger charge is -2.40. The Bertz CT molecular complexity index is 921. The minimum atomic E-state index is -0.864. The standard InChI is InChI=1S/C22H25Cl2NO5/c1-28-17-11-10-14(20(29-2)21(17)30-3)19(13-7-6-8-15(23)18(13)24)25-12-5-4-9-16(25)22(26)27/h6-8,10-11,16,19H,4-5,9,12H2,1-3H3,(H,26,27). The average Bonchev–Trinajstić information content (AvgIpc) is 2.76. The van der Waals surface area contributed by atoms with Crippen molar-refractivity contribution in [3.63, 3.8) is 0 Å². The fourth-order valence-corrected chi connectivity index (χ4v) is 4.54. The summed E-state index contributed by atoms with van der Waals surface area (Å²) in [5.74, 6) is 0.553. The highest BCUT2D eigenvalue weighted by Gasteiger charge is 2.38. The highest BCUT2D eigenvalue weighted by atomic mass is 35.5. The number of aliphatic carboxylic acids is 1. The van der Waals surface area contributed by atoms with Crippen LogP contribution in [0.15, 0.2) is 30.3 Å². The van der Waals surface area contributed by atoms with E-state index in [2.05, 4.69) is 0 Å². The highest BCUT2D eigenvalue weighted by molar-refractivity contribution is 6.42. The lowest BCUT2D eigenvalue weighted by Crippen LogP contribution is -2.47. The van der Waals surface area contributed by atoms with Gasteiger partial charge in [0.05, 0.1) is 37.4 Å². The summed E-state index contributed by atoms with van der Waals surface area (Å²) in [6.07, 6.45) is 2.29. The molecule has 8 heteroatoms. The van der Waals surface area contributed by atoms with Gasteiger partial charge in [-0.25, -0.2) is 0 Å². The van der Waals surface area contributed by atoms with Crippen LogP contribution in [0.5, 0.6) is 17.2 Å². The number of halogens is 2. The molecule has 30 heavy (non-hydrogen) atoms. The Morgan fingerprint density at radius 1 is 1.03 bits per heavy atom. The second-order valence-corrected chi connectivity index (χ2v) is 7.84. The largest absolute Gasteiger partial charge is 0.493 e. The molecule has 1 saturated heterocycles. The van der Waals surface area contributed by atoms with Crippen molar-refractivity contribution in [1.29, 1.82) is 0 Å². The van der Waals surface area contributed by atoms with E-state index in [-0.39, 0.29) is 0 Å². The molecule has 162 valence electrons. The van der Waals surface area contributed by atoms with Crippen molar-refractivity contribution in [2.75, 3.05) is 27.9 Å². The third-order valence-corrected chi connectivity index (χ3v) is 6.30. The number of nitrogens with zero attached hydrogens (tertiary/aromatic N) is 1. The lowest BCUT2D eigenvalue weighted by atomic mass is 9.90.